The zero-order chi connectivity index (χ0) is 20.8. The topological polar surface area (TPSA) is 93.1 Å². The van der Waals surface area contributed by atoms with Gasteiger partial charge >= 0.3 is 7.69 Å². The van der Waals surface area contributed by atoms with E-state index in [1.807, 2.05) is 6.08 Å². The van der Waals surface area contributed by atoms with Gasteiger partial charge in [-0.25, -0.2) is 0 Å². The van der Waals surface area contributed by atoms with Crippen molar-refractivity contribution in [3.05, 3.63) is 11.6 Å². The number of aliphatic hydroxyl groups is 2. The molecule has 7 heteroatoms. The van der Waals surface area contributed by atoms with E-state index in [-0.39, 0.29) is 42.4 Å². The van der Waals surface area contributed by atoms with Gasteiger partial charge in [-0.1, -0.05) is 12.5 Å². The molecule has 7 atom stereocenters. The minimum absolute atomic E-state index is 0.110. The molecule has 0 amide bonds. The van der Waals surface area contributed by atoms with E-state index in [9.17, 15) is 19.8 Å². The van der Waals surface area contributed by atoms with Gasteiger partial charge in [0.2, 0.25) is 0 Å². The highest BCUT2D eigenvalue weighted by atomic mass is 16.6. The van der Waals surface area contributed by atoms with Crippen LogP contribution in [0, 0.1) is 34.5 Å². The molecule has 0 aromatic carbocycles. The van der Waals surface area contributed by atoms with Crippen molar-refractivity contribution < 1.29 is 29.1 Å². The third-order valence-electron chi connectivity index (χ3n) is 8.74. The van der Waals surface area contributed by atoms with Crippen LogP contribution in [0.25, 0.3) is 0 Å². The van der Waals surface area contributed by atoms with E-state index < -0.39 is 18.1 Å². The molecule has 3 saturated carbocycles. The molecule has 29 heavy (non-hydrogen) atoms. The van der Waals surface area contributed by atoms with Gasteiger partial charge in [0.25, 0.3) is 0 Å². The zero-order valence-corrected chi connectivity index (χ0v) is 17.6. The van der Waals surface area contributed by atoms with E-state index in [1.54, 1.807) is 7.11 Å². The van der Waals surface area contributed by atoms with Crippen LogP contribution in [0.15, 0.2) is 11.6 Å². The molecule has 4 aliphatic carbocycles. The Morgan fingerprint density at radius 2 is 2.10 bits per heavy atom. The fraction of sp³-hybridized carbons (Fsp3) is 0.818. The highest BCUT2D eigenvalue weighted by molar-refractivity contribution is 6.17. The molecular weight excluding hydrogens is 371 g/mol. The summed E-state index contributed by atoms with van der Waals surface area (Å²) in [5.41, 5.74) is 0.619. The highest BCUT2D eigenvalue weighted by Gasteiger charge is 2.64. The van der Waals surface area contributed by atoms with Gasteiger partial charge in [-0.2, -0.15) is 0 Å². The smallest absolute Gasteiger partial charge is 0.417 e. The van der Waals surface area contributed by atoms with Gasteiger partial charge in [0.15, 0.2) is 11.6 Å². The average Bonchev–Trinajstić information content (AvgIpc) is 3.06. The van der Waals surface area contributed by atoms with Crippen molar-refractivity contribution >= 4 is 19.3 Å². The summed E-state index contributed by atoms with van der Waals surface area (Å²) in [6.45, 7) is 2.14. The lowest BCUT2D eigenvalue weighted by molar-refractivity contribution is -0.157. The number of fused-ring (bicyclic) bond motifs is 5. The summed E-state index contributed by atoms with van der Waals surface area (Å²) in [6, 6.07) is 0. The molecule has 0 saturated heterocycles. The van der Waals surface area contributed by atoms with Crippen molar-refractivity contribution in [1.82, 2.24) is 0 Å². The van der Waals surface area contributed by atoms with Gasteiger partial charge in [-0.05, 0) is 67.8 Å². The second-order valence-electron chi connectivity index (χ2n) is 9.90. The van der Waals surface area contributed by atoms with Crippen molar-refractivity contribution in [1.29, 1.82) is 0 Å². The normalized spacial score (nSPS) is 43.8. The van der Waals surface area contributed by atoms with Gasteiger partial charge in [0.05, 0.1) is 6.10 Å². The molecule has 0 aliphatic heterocycles. The molecule has 3 unspecified atom stereocenters. The number of carbonyl (C=O) groups excluding carboxylic acids is 2. The van der Waals surface area contributed by atoms with Crippen LogP contribution in [0.2, 0.25) is 0 Å². The molecule has 6 nitrogen and oxygen atoms in total. The highest BCUT2D eigenvalue weighted by Crippen LogP contribution is 2.66. The molecular formula is C22H33BO6. The standard InChI is InChI=1S/C22H33BO6/c1-21-8-7-14(25)9-13(21)3-4-15-16-5-6-17(19(27)11-24)22(16,12-29-23-28-2)10-18(26)20(15)21/h9,15-18,20,23-24,26H,3-8,10-12H2,1-2H3/t15?,16?,17-,18+,20?,21+,22-/m1/s1. The monoisotopic (exact) mass is 404 g/mol. The number of Topliss-reactive ketones (excluding diaryl/α,β-unsaturated/α-hetero) is 1. The number of carbonyl (C=O) groups is 2. The Kier molecular flexibility index (Phi) is 5.79. The number of aliphatic hydroxyl groups excluding tert-OH is 2. The molecule has 0 radical (unpaired) electrons. The van der Waals surface area contributed by atoms with Crippen LogP contribution in [0.3, 0.4) is 0 Å². The Bertz CT molecular complexity index is 707. The molecule has 2 N–H and O–H groups in total. The number of allylic oxidation sites excluding steroid dienone is 1. The summed E-state index contributed by atoms with van der Waals surface area (Å²) in [5.74, 6) is 0.491. The first-order chi connectivity index (χ1) is 13.9. The van der Waals surface area contributed by atoms with Crippen LogP contribution >= 0.6 is 0 Å². The van der Waals surface area contributed by atoms with Crippen LogP contribution < -0.4 is 0 Å². The minimum atomic E-state index is -0.545. The van der Waals surface area contributed by atoms with Crippen LogP contribution in [0.4, 0.5) is 0 Å². The molecule has 0 aromatic heterocycles. The third-order valence-corrected chi connectivity index (χ3v) is 8.74. The summed E-state index contributed by atoms with van der Waals surface area (Å²) in [4.78, 5) is 24.6. The molecule has 0 aromatic rings. The Labute approximate surface area is 173 Å². The second-order valence-corrected chi connectivity index (χ2v) is 9.90. The van der Waals surface area contributed by atoms with Gasteiger partial charge in [-0.15, -0.1) is 0 Å². The van der Waals surface area contributed by atoms with Crippen LogP contribution in [-0.2, 0) is 18.9 Å². The van der Waals surface area contributed by atoms with E-state index in [0.717, 1.165) is 32.1 Å². The van der Waals surface area contributed by atoms with Gasteiger partial charge in [-0.3, -0.25) is 9.59 Å². The average molecular weight is 404 g/mol. The Hall–Kier alpha value is -1.02. The largest absolute Gasteiger partial charge is 0.437 e. The Balaban J connectivity index is 1.69. The summed E-state index contributed by atoms with van der Waals surface area (Å²) in [7, 11) is 1.73. The van der Waals surface area contributed by atoms with Crippen LogP contribution in [-0.4, -0.2) is 55.9 Å². The predicted octanol–water partition coefficient (Wildman–Crippen LogP) is 1.58. The lowest BCUT2D eigenvalue weighted by Gasteiger charge is -2.60. The number of rotatable bonds is 6. The maximum Gasteiger partial charge on any atom is 0.437 e. The molecule has 0 heterocycles. The number of hydrogen-bond donors (Lipinski definition) is 2. The summed E-state index contributed by atoms with van der Waals surface area (Å²) < 4.78 is 10.9. The quantitative estimate of drug-likeness (QED) is 0.516. The fourth-order valence-corrected chi connectivity index (χ4v) is 7.65. The lowest BCUT2D eigenvalue weighted by atomic mass is 9.45. The molecule has 0 spiro atoms. The first-order valence-corrected chi connectivity index (χ1v) is 11.0. The van der Waals surface area contributed by atoms with Crippen molar-refractivity contribution in [2.45, 2.75) is 58.0 Å². The van der Waals surface area contributed by atoms with Gasteiger partial charge in [0.1, 0.15) is 6.61 Å². The van der Waals surface area contributed by atoms with Gasteiger partial charge in [0, 0.05) is 31.5 Å². The molecule has 4 rings (SSSR count). The van der Waals surface area contributed by atoms with Gasteiger partial charge < -0.3 is 19.5 Å². The van der Waals surface area contributed by atoms with Crippen molar-refractivity contribution in [2.75, 3.05) is 20.3 Å². The Morgan fingerprint density at radius 1 is 1.31 bits per heavy atom. The first-order valence-electron chi connectivity index (χ1n) is 11.0. The van der Waals surface area contributed by atoms with E-state index in [1.165, 1.54) is 5.57 Å². The number of ketones is 2. The lowest BCUT2D eigenvalue weighted by Crippen LogP contribution is -2.59. The Morgan fingerprint density at radius 3 is 2.83 bits per heavy atom. The zero-order valence-electron chi connectivity index (χ0n) is 17.6. The first kappa shape index (κ1) is 21.2. The minimum Gasteiger partial charge on any atom is -0.417 e. The van der Waals surface area contributed by atoms with E-state index in [4.69, 9.17) is 9.31 Å². The fourth-order valence-electron chi connectivity index (χ4n) is 7.65. The van der Waals surface area contributed by atoms with E-state index in [0.29, 0.717) is 25.4 Å². The molecule has 0 bridgehead atoms. The van der Waals surface area contributed by atoms with Crippen LogP contribution in [0.5, 0.6) is 0 Å². The predicted molar refractivity (Wildman–Crippen MR) is 108 cm³/mol. The molecule has 160 valence electrons. The van der Waals surface area contributed by atoms with Crippen molar-refractivity contribution in [3.8, 4) is 0 Å². The maximum atomic E-state index is 12.6. The molecule has 4 aliphatic rings. The SMILES string of the molecule is COBOC[C@]12C[C@H](O)C3C(CCC4=CC(=O)CC[C@@]43C)C1CC[C@@H]2C(=O)CO. The summed E-state index contributed by atoms with van der Waals surface area (Å²) >= 11 is 0. The third kappa shape index (κ3) is 3.25. The number of hydrogen-bond acceptors (Lipinski definition) is 6. The molecule has 3 fully saturated rings. The van der Waals surface area contributed by atoms with E-state index in [2.05, 4.69) is 6.92 Å². The second kappa shape index (κ2) is 7.91. The summed E-state index contributed by atoms with van der Waals surface area (Å²) in [6.07, 6.45) is 6.65. The van der Waals surface area contributed by atoms with E-state index >= 15 is 0 Å². The summed E-state index contributed by atoms with van der Waals surface area (Å²) in [5, 5.41) is 21.0. The maximum absolute atomic E-state index is 12.6. The van der Waals surface area contributed by atoms with Crippen LogP contribution in [0.1, 0.15) is 51.9 Å². The van der Waals surface area contributed by atoms with Crippen molar-refractivity contribution in [3.63, 3.8) is 0 Å². The van der Waals surface area contributed by atoms with Crippen molar-refractivity contribution in [2.24, 2.45) is 34.5 Å².